The molecule has 1 aliphatic carbocycles. The Bertz CT molecular complexity index is 527. The summed E-state index contributed by atoms with van der Waals surface area (Å²) in [6, 6.07) is 1.54. The predicted molar refractivity (Wildman–Crippen MR) is 72.5 cm³/mol. The lowest BCUT2D eigenvalue weighted by molar-refractivity contribution is 0.399. The highest BCUT2D eigenvalue weighted by atomic mass is 79.9. The standard InChI is InChI=1S/C11H16BrN3O2S/c12-9-5-10(7-14-6-9)18(16,17)15-11(8-13)3-1-2-4-11/h5-7,15H,1-4,8,13H2. The highest BCUT2D eigenvalue weighted by Crippen LogP contribution is 2.30. The molecule has 0 atom stereocenters. The zero-order chi connectivity index (χ0) is 13.2. The third kappa shape index (κ3) is 2.90. The van der Waals surface area contributed by atoms with Crippen LogP contribution < -0.4 is 10.5 Å². The summed E-state index contributed by atoms with van der Waals surface area (Å²) >= 11 is 3.22. The number of nitrogens with zero attached hydrogens (tertiary/aromatic N) is 1. The average Bonchev–Trinajstić information content (AvgIpc) is 2.77. The highest BCUT2D eigenvalue weighted by molar-refractivity contribution is 9.10. The third-order valence-corrected chi connectivity index (χ3v) is 5.27. The first kappa shape index (κ1) is 13.9. The van der Waals surface area contributed by atoms with Gasteiger partial charge in [-0.05, 0) is 34.8 Å². The molecule has 0 saturated heterocycles. The summed E-state index contributed by atoms with van der Waals surface area (Å²) in [6.45, 7) is 0.327. The molecule has 0 aromatic carbocycles. The van der Waals surface area contributed by atoms with Crippen molar-refractivity contribution >= 4 is 26.0 Å². The van der Waals surface area contributed by atoms with Crippen molar-refractivity contribution in [1.29, 1.82) is 0 Å². The summed E-state index contributed by atoms with van der Waals surface area (Å²) in [5.74, 6) is 0. The van der Waals surface area contributed by atoms with Crippen LogP contribution in [-0.4, -0.2) is 25.5 Å². The molecule has 1 aliphatic rings. The molecule has 1 aromatic heterocycles. The zero-order valence-corrected chi connectivity index (χ0v) is 12.3. The molecule has 0 aliphatic heterocycles. The van der Waals surface area contributed by atoms with Gasteiger partial charge in [0.25, 0.3) is 0 Å². The van der Waals surface area contributed by atoms with Crippen LogP contribution in [0.4, 0.5) is 0 Å². The molecule has 5 nitrogen and oxygen atoms in total. The van der Waals surface area contributed by atoms with Gasteiger partial charge in [0, 0.05) is 29.0 Å². The van der Waals surface area contributed by atoms with E-state index in [-0.39, 0.29) is 4.90 Å². The highest BCUT2D eigenvalue weighted by Gasteiger charge is 2.36. The number of nitrogens with one attached hydrogen (secondary N) is 1. The van der Waals surface area contributed by atoms with Gasteiger partial charge in [-0.3, -0.25) is 4.98 Å². The lowest BCUT2D eigenvalue weighted by Gasteiger charge is -2.28. The summed E-state index contributed by atoms with van der Waals surface area (Å²) in [4.78, 5) is 4.04. The van der Waals surface area contributed by atoms with Gasteiger partial charge >= 0.3 is 0 Å². The number of sulfonamides is 1. The van der Waals surface area contributed by atoms with Crippen LogP contribution >= 0.6 is 15.9 Å². The van der Waals surface area contributed by atoms with E-state index in [0.29, 0.717) is 11.0 Å². The van der Waals surface area contributed by atoms with Crippen LogP contribution in [0.2, 0.25) is 0 Å². The summed E-state index contributed by atoms with van der Waals surface area (Å²) in [7, 11) is -3.56. The van der Waals surface area contributed by atoms with E-state index in [9.17, 15) is 8.42 Å². The molecule has 0 amide bonds. The molecular formula is C11H16BrN3O2S. The second-order valence-corrected chi connectivity index (χ2v) is 7.23. The zero-order valence-electron chi connectivity index (χ0n) is 9.89. The quantitative estimate of drug-likeness (QED) is 0.871. The van der Waals surface area contributed by atoms with E-state index in [4.69, 9.17) is 5.73 Å². The molecule has 7 heteroatoms. The van der Waals surface area contributed by atoms with Gasteiger partial charge < -0.3 is 5.73 Å². The minimum absolute atomic E-state index is 0.164. The fraction of sp³-hybridized carbons (Fsp3) is 0.545. The largest absolute Gasteiger partial charge is 0.329 e. The Morgan fingerprint density at radius 2 is 2.06 bits per heavy atom. The van der Waals surface area contributed by atoms with Crippen LogP contribution in [0.25, 0.3) is 0 Å². The second-order valence-electron chi connectivity index (χ2n) is 4.64. The Morgan fingerprint density at radius 1 is 1.39 bits per heavy atom. The van der Waals surface area contributed by atoms with Gasteiger partial charge in [-0.1, -0.05) is 12.8 Å². The van der Waals surface area contributed by atoms with Crippen LogP contribution in [0.5, 0.6) is 0 Å². The van der Waals surface area contributed by atoms with Gasteiger partial charge in [-0.15, -0.1) is 0 Å². The van der Waals surface area contributed by atoms with Crippen molar-refractivity contribution < 1.29 is 8.42 Å². The van der Waals surface area contributed by atoms with Crippen LogP contribution in [-0.2, 0) is 10.0 Å². The number of hydrogen-bond acceptors (Lipinski definition) is 4. The minimum Gasteiger partial charge on any atom is -0.329 e. The van der Waals surface area contributed by atoms with E-state index < -0.39 is 15.6 Å². The third-order valence-electron chi connectivity index (χ3n) is 3.29. The maximum atomic E-state index is 12.3. The lowest BCUT2D eigenvalue weighted by atomic mass is 10.0. The second kappa shape index (κ2) is 5.24. The fourth-order valence-electron chi connectivity index (χ4n) is 2.28. The maximum Gasteiger partial charge on any atom is 0.242 e. The Kier molecular flexibility index (Phi) is 4.05. The molecule has 0 radical (unpaired) electrons. The number of nitrogens with two attached hydrogens (primary N) is 1. The number of halogens is 1. The Labute approximate surface area is 115 Å². The smallest absolute Gasteiger partial charge is 0.242 e. The van der Waals surface area contributed by atoms with Gasteiger partial charge in [-0.2, -0.15) is 0 Å². The molecule has 0 unspecified atom stereocenters. The van der Waals surface area contributed by atoms with Crippen LogP contribution in [0.3, 0.4) is 0 Å². The van der Waals surface area contributed by atoms with Gasteiger partial charge in [0.05, 0.1) is 0 Å². The first-order valence-corrected chi connectivity index (χ1v) is 8.10. The number of pyridine rings is 1. The van der Waals surface area contributed by atoms with Crippen LogP contribution in [0, 0.1) is 0 Å². The summed E-state index contributed by atoms with van der Waals surface area (Å²) in [6.07, 6.45) is 6.50. The van der Waals surface area contributed by atoms with Crippen molar-refractivity contribution in [3.8, 4) is 0 Å². The van der Waals surface area contributed by atoms with E-state index in [2.05, 4.69) is 25.6 Å². The fourth-order valence-corrected chi connectivity index (χ4v) is 4.26. The number of aromatic nitrogens is 1. The lowest BCUT2D eigenvalue weighted by Crippen LogP contribution is -2.51. The van der Waals surface area contributed by atoms with Gasteiger partial charge in [0.1, 0.15) is 4.90 Å². The molecule has 3 N–H and O–H groups in total. The first-order chi connectivity index (χ1) is 8.47. The van der Waals surface area contributed by atoms with Gasteiger partial charge in [0.15, 0.2) is 0 Å². The molecule has 2 rings (SSSR count). The molecule has 1 saturated carbocycles. The summed E-state index contributed by atoms with van der Waals surface area (Å²) < 4.78 is 27.9. The Morgan fingerprint density at radius 3 is 2.61 bits per heavy atom. The van der Waals surface area contributed by atoms with Crippen LogP contribution in [0.15, 0.2) is 27.8 Å². The first-order valence-electron chi connectivity index (χ1n) is 5.82. The van der Waals surface area contributed by atoms with Crippen molar-refractivity contribution in [3.05, 3.63) is 22.9 Å². The Balaban J connectivity index is 2.27. The normalized spacial score (nSPS) is 19.0. The van der Waals surface area contributed by atoms with Crippen molar-refractivity contribution in [2.45, 2.75) is 36.1 Å². The van der Waals surface area contributed by atoms with Crippen molar-refractivity contribution in [1.82, 2.24) is 9.71 Å². The van der Waals surface area contributed by atoms with Crippen molar-refractivity contribution in [3.63, 3.8) is 0 Å². The SMILES string of the molecule is NCC1(NS(=O)(=O)c2cncc(Br)c2)CCCC1. The predicted octanol–water partition coefficient (Wildman–Crippen LogP) is 1.39. The molecular weight excluding hydrogens is 318 g/mol. The molecule has 100 valence electrons. The van der Waals surface area contributed by atoms with E-state index >= 15 is 0 Å². The molecule has 0 bridgehead atoms. The van der Waals surface area contributed by atoms with Crippen LogP contribution in [0.1, 0.15) is 25.7 Å². The molecule has 18 heavy (non-hydrogen) atoms. The molecule has 1 aromatic rings. The Hall–Kier alpha value is -0.500. The molecule has 1 fully saturated rings. The number of rotatable bonds is 4. The van der Waals surface area contributed by atoms with E-state index in [1.165, 1.54) is 12.3 Å². The van der Waals surface area contributed by atoms with Crippen molar-refractivity contribution in [2.75, 3.05) is 6.54 Å². The maximum absolute atomic E-state index is 12.3. The van der Waals surface area contributed by atoms with Crippen molar-refractivity contribution in [2.24, 2.45) is 5.73 Å². The summed E-state index contributed by atoms with van der Waals surface area (Å²) in [5, 5.41) is 0. The average molecular weight is 334 g/mol. The summed E-state index contributed by atoms with van der Waals surface area (Å²) in [5.41, 5.74) is 5.25. The minimum atomic E-state index is -3.56. The molecule has 1 heterocycles. The van der Waals surface area contributed by atoms with Gasteiger partial charge in [0.2, 0.25) is 10.0 Å². The molecule has 0 spiro atoms. The monoisotopic (exact) mass is 333 g/mol. The van der Waals surface area contributed by atoms with E-state index in [1.807, 2.05) is 0 Å². The van der Waals surface area contributed by atoms with E-state index in [0.717, 1.165) is 25.7 Å². The topological polar surface area (TPSA) is 85.1 Å². The van der Waals surface area contributed by atoms with Gasteiger partial charge in [-0.25, -0.2) is 13.1 Å². The number of hydrogen-bond donors (Lipinski definition) is 2. The van der Waals surface area contributed by atoms with E-state index in [1.54, 1.807) is 6.20 Å².